The van der Waals surface area contributed by atoms with Crippen LogP contribution in [0.25, 0.3) is 22.2 Å². The van der Waals surface area contributed by atoms with Gasteiger partial charge in [0, 0.05) is 42.1 Å². The molecule has 3 N–H and O–H groups in total. The van der Waals surface area contributed by atoms with Crippen molar-refractivity contribution in [2.75, 3.05) is 30.3 Å². The predicted molar refractivity (Wildman–Crippen MR) is 136 cm³/mol. The first kappa shape index (κ1) is 22.9. The number of fused-ring (bicyclic) bond motifs is 1. The summed E-state index contributed by atoms with van der Waals surface area (Å²) in [5, 5.41) is 10.5. The monoisotopic (exact) mass is 487 g/mol. The molecule has 9 nitrogen and oxygen atoms in total. The maximum atomic E-state index is 11.7. The van der Waals surface area contributed by atoms with Crippen LogP contribution >= 0.6 is 11.6 Å². The van der Waals surface area contributed by atoms with Gasteiger partial charge in [-0.05, 0) is 42.5 Å². The van der Waals surface area contributed by atoms with Crippen molar-refractivity contribution in [3.63, 3.8) is 0 Å². The summed E-state index contributed by atoms with van der Waals surface area (Å²) in [7, 11) is 0. The lowest BCUT2D eigenvalue weighted by Gasteiger charge is -2.23. The van der Waals surface area contributed by atoms with Gasteiger partial charge in [-0.25, -0.2) is 9.97 Å². The average molecular weight is 488 g/mol. The molecule has 3 aromatic heterocycles. The topological polar surface area (TPSA) is 114 Å². The first-order chi connectivity index (χ1) is 17.1. The van der Waals surface area contributed by atoms with Gasteiger partial charge in [-0.15, -0.1) is 0 Å². The summed E-state index contributed by atoms with van der Waals surface area (Å²) in [4.78, 5) is 29.8. The van der Waals surface area contributed by atoms with Crippen molar-refractivity contribution in [1.29, 1.82) is 0 Å². The molecular weight excluding hydrogens is 466 g/mol. The van der Waals surface area contributed by atoms with E-state index in [1.807, 2.05) is 18.2 Å². The van der Waals surface area contributed by atoms with E-state index in [1.54, 1.807) is 36.8 Å². The molecule has 176 valence electrons. The number of rotatable bonds is 6. The van der Waals surface area contributed by atoms with Crippen LogP contribution in [0, 0.1) is 0 Å². The fourth-order valence-corrected chi connectivity index (χ4v) is 4.02. The van der Waals surface area contributed by atoms with Gasteiger partial charge in [0.15, 0.2) is 0 Å². The van der Waals surface area contributed by atoms with E-state index in [4.69, 9.17) is 21.3 Å². The molecule has 4 heterocycles. The Kier molecular flexibility index (Phi) is 6.62. The minimum atomic E-state index is -0.314. The maximum absolute atomic E-state index is 11.7. The van der Waals surface area contributed by atoms with Gasteiger partial charge in [0.2, 0.25) is 11.9 Å². The highest BCUT2D eigenvalue weighted by atomic mass is 35.5. The molecule has 1 saturated heterocycles. The van der Waals surface area contributed by atoms with E-state index < -0.39 is 0 Å². The number of hydrogen-bond donors (Lipinski definition) is 3. The summed E-state index contributed by atoms with van der Waals surface area (Å²) in [5.41, 5.74) is 4.02. The number of morpholine rings is 1. The second-order valence-electron chi connectivity index (χ2n) is 7.84. The number of nitrogens with one attached hydrogen (secondary N) is 3. The molecule has 4 aromatic rings. The van der Waals surface area contributed by atoms with Crippen LogP contribution in [0.5, 0.6) is 0 Å². The van der Waals surface area contributed by atoms with E-state index in [9.17, 15) is 4.79 Å². The van der Waals surface area contributed by atoms with Crippen molar-refractivity contribution in [1.82, 2.24) is 25.3 Å². The second kappa shape index (κ2) is 10.1. The largest absolute Gasteiger partial charge is 0.369 e. The van der Waals surface area contributed by atoms with Gasteiger partial charge in [0.05, 0.1) is 40.4 Å². The number of carbonyl (C=O) groups is 1. The number of hydrogen-bond acceptors (Lipinski definition) is 8. The predicted octanol–water partition coefficient (Wildman–Crippen LogP) is 4.27. The van der Waals surface area contributed by atoms with Crippen LogP contribution in [0.2, 0.25) is 5.02 Å². The number of anilines is 3. The number of aromatic nitrogens is 4. The first-order valence-electron chi connectivity index (χ1n) is 11.0. The van der Waals surface area contributed by atoms with Crippen molar-refractivity contribution >= 4 is 45.7 Å². The van der Waals surface area contributed by atoms with Gasteiger partial charge in [0.25, 0.3) is 0 Å². The quantitative estimate of drug-likeness (QED) is 0.345. The third-order valence-electron chi connectivity index (χ3n) is 5.47. The number of amides is 1. The van der Waals surface area contributed by atoms with Crippen molar-refractivity contribution in [2.24, 2.45) is 0 Å². The standard InChI is InChI=1S/C25H22ClN7O2/c1-2-22(34)31-16-7-8-28-20(11-16)23-18(26)5-3-15-12-30-25(33-24(15)23)32-17-4-6-19(29-13-17)21-14-27-9-10-35-21/h2-8,11-13,21,27H,1,9-10,14H2,(H,28,31,34)(H,30,32,33). The van der Waals surface area contributed by atoms with Crippen LogP contribution in [0.3, 0.4) is 0 Å². The summed E-state index contributed by atoms with van der Waals surface area (Å²) >= 11 is 6.58. The van der Waals surface area contributed by atoms with Crippen LogP contribution in [-0.4, -0.2) is 45.5 Å². The zero-order valence-corrected chi connectivity index (χ0v) is 19.4. The van der Waals surface area contributed by atoms with Crippen LogP contribution in [-0.2, 0) is 9.53 Å². The molecule has 0 spiro atoms. The lowest BCUT2D eigenvalue weighted by atomic mass is 10.1. The smallest absolute Gasteiger partial charge is 0.247 e. The summed E-state index contributed by atoms with van der Waals surface area (Å²) in [6.07, 6.45) is 6.20. The molecule has 5 rings (SSSR count). The summed E-state index contributed by atoms with van der Waals surface area (Å²) in [6, 6.07) is 10.9. The molecule has 1 fully saturated rings. The molecular formula is C25H22ClN7O2. The Morgan fingerprint density at radius 3 is 2.83 bits per heavy atom. The minimum absolute atomic E-state index is 0.0565. The van der Waals surface area contributed by atoms with Crippen molar-refractivity contribution in [3.05, 3.63) is 78.4 Å². The molecule has 1 amide bonds. The Bertz CT molecular complexity index is 1390. The molecule has 0 radical (unpaired) electrons. The highest BCUT2D eigenvalue weighted by Gasteiger charge is 2.17. The Labute approximate surface area is 206 Å². The molecule has 1 atom stereocenters. The number of benzene rings is 1. The number of pyridine rings is 2. The molecule has 10 heteroatoms. The molecule has 1 aliphatic rings. The molecule has 0 bridgehead atoms. The molecule has 0 aliphatic carbocycles. The fraction of sp³-hybridized carbons (Fsp3) is 0.160. The van der Waals surface area contributed by atoms with Crippen molar-refractivity contribution < 1.29 is 9.53 Å². The SMILES string of the molecule is C=CC(=O)Nc1ccnc(-c2c(Cl)ccc3cnc(Nc4ccc(C5CNCCO5)nc4)nc23)c1. The zero-order chi connectivity index (χ0) is 24.2. The van der Waals surface area contributed by atoms with Crippen LogP contribution in [0.15, 0.2) is 67.6 Å². The molecule has 0 saturated carbocycles. The molecule has 1 aliphatic heterocycles. The third kappa shape index (κ3) is 5.12. The van der Waals surface area contributed by atoms with Gasteiger partial charge < -0.3 is 20.7 Å². The van der Waals surface area contributed by atoms with E-state index in [1.165, 1.54) is 6.08 Å². The summed E-state index contributed by atoms with van der Waals surface area (Å²) in [6.45, 7) is 5.74. The average Bonchev–Trinajstić information content (AvgIpc) is 2.89. The van der Waals surface area contributed by atoms with E-state index >= 15 is 0 Å². The van der Waals surface area contributed by atoms with E-state index in [2.05, 4.69) is 37.5 Å². The summed E-state index contributed by atoms with van der Waals surface area (Å²) in [5.74, 6) is 0.0770. The van der Waals surface area contributed by atoms with Gasteiger partial charge in [-0.1, -0.05) is 18.2 Å². The fourth-order valence-electron chi connectivity index (χ4n) is 3.77. The van der Waals surface area contributed by atoms with Crippen molar-refractivity contribution in [2.45, 2.75) is 6.10 Å². The highest BCUT2D eigenvalue weighted by Crippen LogP contribution is 2.34. The Morgan fingerprint density at radius 2 is 2.06 bits per heavy atom. The Morgan fingerprint density at radius 1 is 1.14 bits per heavy atom. The van der Waals surface area contributed by atoms with Crippen LogP contribution in [0.4, 0.5) is 17.3 Å². The number of ether oxygens (including phenoxy) is 1. The van der Waals surface area contributed by atoms with Gasteiger partial charge in [-0.2, -0.15) is 0 Å². The number of nitrogens with zero attached hydrogens (tertiary/aromatic N) is 4. The molecule has 1 aromatic carbocycles. The zero-order valence-electron chi connectivity index (χ0n) is 18.7. The highest BCUT2D eigenvalue weighted by molar-refractivity contribution is 6.34. The normalized spacial score (nSPS) is 15.5. The van der Waals surface area contributed by atoms with Crippen LogP contribution < -0.4 is 16.0 Å². The third-order valence-corrected chi connectivity index (χ3v) is 5.79. The minimum Gasteiger partial charge on any atom is -0.369 e. The first-order valence-corrected chi connectivity index (χ1v) is 11.4. The lowest BCUT2D eigenvalue weighted by molar-refractivity contribution is -0.111. The Hall–Kier alpha value is -3.92. The van der Waals surface area contributed by atoms with Crippen molar-refractivity contribution in [3.8, 4) is 11.3 Å². The van der Waals surface area contributed by atoms with E-state index in [-0.39, 0.29) is 12.0 Å². The van der Waals surface area contributed by atoms with Gasteiger partial charge in [0.1, 0.15) is 6.10 Å². The number of carbonyl (C=O) groups excluding carboxylic acids is 1. The van der Waals surface area contributed by atoms with E-state index in [0.29, 0.717) is 40.0 Å². The van der Waals surface area contributed by atoms with Gasteiger partial charge >= 0.3 is 0 Å². The number of halogens is 1. The van der Waals surface area contributed by atoms with Gasteiger partial charge in [-0.3, -0.25) is 14.8 Å². The summed E-state index contributed by atoms with van der Waals surface area (Å²) < 4.78 is 5.76. The maximum Gasteiger partial charge on any atom is 0.247 e. The van der Waals surface area contributed by atoms with Crippen LogP contribution in [0.1, 0.15) is 11.8 Å². The lowest BCUT2D eigenvalue weighted by Crippen LogP contribution is -2.33. The Balaban J connectivity index is 1.45. The second-order valence-corrected chi connectivity index (χ2v) is 8.24. The molecule has 1 unspecified atom stereocenters. The van der Waals surface area contributed by atoms with E-state index in [0.717, 1.165) is 29.9 Å². The molecule has 35 heavy (non-hydrogen) atoms.